The number of hydrogen-bond acceptors (Lipinski definition) is 7. The van der Waals surface area contributed by atoms with Gasteiger partial charge in [0, 0.05) is 23.5 Å². The molecule has 0 unspecified atom stereocenters. The lowest BCUT2D eigenvalue weighted by Gasteiger charge is -2.10. The molecule has 4 heterocycles. The van der Waals surface area contributed by atoms with Crippen LogP contribution >= 0.6 is 11.3 Å². The predicted molar refractivity (Wildman–Crippen MR) is 129 cm³/mol. The summed E-state index contributed by atoms with van der Waals surface area (Å²) in [4.78, 5) is 43.7. The SMILES string of the molecule is O=C(Nc1nnc(CN2C(=O)c3ccccc3C2=O)s1)c1ccn2cc(-c3ccccc3)nc2c1. The first-order valence-electron chi connectivity index (χ1n) is 10.7. The van der Waals surface area contributed by atoms with E-state index >= 15 is 0 Å². The van der Waals surface area contributed by atoms with E-state index in [9.17, 15) is 14.4 Å². The maximum atomic E-state index is 12.8. The number of imide groups is 1. The number of aromatic nitrogens is 4. The number of carbonyl (C=O) groups is 3. The molecule has 1 aliphatic heterocycles. The predicted octanol–water partition coefficient (Wildman–Crippen LogP) is 3.90. The first-order valence-corrected chi connectivity index (χ1v) is 11.5. The zero-order valence-electron chi connectivity index (χ0n) is 18.1. The summed E-state index contributed by atoms with van der Waals surface area (Å²) < 4.78 is 1.85. The van der Waals surface area contributed by atoms with Gasteiger partial charge in [0.15, 0.2) is 0 Å². The van der Waals surface area contributed by atoms with Crippen molar-refractivity contribution in [2.75, 3.05) is 5.32 Å². The normalized spacial score (nSPS) is 12.9. The Morgan fingerprint density at radius 1 is 0.914 bits per heavy atom. The Morgan fingerprint density at radius 2 is 1.63 bits per heavy atom. The molecule has 5 aromatic rings. The maximum absolute atomic E-state index is 12.8. The zero-order valence-corrected chi connectivity index (χ0v) is 18.9. The van der Waals surface area contributed by atoms with Gasteiger partial charge in [-0.15, -0.1) is 10.2 Å². The number of rotatable bonds is 5. The van der Waals surface area contributed by atoms with E-state index in [1.165, 1.54) is 0 Å². The molecule has 9 nitrogen and oxygen atoms in total. The number of anilines is 1. The Morgan fingerprint density at radius 3 is 2.37 bits per heavy atom. The molecule has 0 saturated carbocycles. The van der Waals surface area contributed by atoms with Crippen LogP contribution in [0.4, 0.5) is 5.13 Å². The van der Waals surface area contributed by atoms with Crippen LogP contribution in [0.5, 0.6) is 0 Å². The summed E-state index contributed by atoms with van der Waals surface area (Å²) in [6.45, 7) is -0.0117. The third-order valence-electron chi connectivity index (χ3n) is 5.65. The number of amides is 3. The molecule has 0 atom stereocenters. The Balaban J connectivity index is 1.17. The summed E-state index contributed by atoms with van der Waals surface area (Å²) in [7, 11) is 0. The third-order valence-corrected chi connectivity index (χ3v) is 6.47. The Bertz CT molecular complexity index is 1590. The highest BCUT2D eigenvalue weighted by Gasteiger charge is 2.35. The molecule has 0 bridgehead atoms. The van der Waals surface area contributed by atoms with Crippen LogP contribution in [0.15, 0.2) is 79.1 Å². The van der Waals surface area contributed by atoms with E-state index in [0.717, 1.165) is 27.5 Å². The van der Waals surface area contributed by atoms with Crippen molar-refractivity contribution < 1.29 is 14.4 Å². The van der Waals surface area contributed by atoms with Crippen molar-refractivity contribution in [3.8, 4) is 11.3 Å². The molecule has 1 aliphatic rings. The quantitative estimate of drug-likeness (QED) is 0.382. The molecule has 3 aromatic heterocycles. The molecule has 170 valence electrons. The van der Waals surface area contributed by atoms with Gasteiger partial charge >= 0.3 is 0 Å². The zero-order chi connectivity index (χ0) is 23.9. The molecule has 35 heavy (non-hydrogen) atoms. The second kappa shape index (κ2) is 8.26. The molecular formula is C25H16N6O3S. The lowest BCUT2D eigenvalue weighted by atomic mass is 10.1. The van der Waals surface area contributed by atoms with Crippen LogP contribution < -0.4 is 5.32 Å². The monoisotopic (exact) mass is 480 g/mol. The average Bonchev–Trinajstić information content (AvgIpc) is 3.58. The Hall–Kier alpha value is -4.70. The molecule has 0 spiro atoms. The van der Waals surface area contributed by atoms with Crippen molar-refractivity contribution in [1.29, 1.82) is 0 Å². The molecule has 2 aromatic carbocycles. The van der Waals surface area contributed by atoms with Gasteiger partial charge in [-0.3, -0.25) is 24.6 Å². The fraction of sp³-hybridized carbons (Fsp3) is 0.0400. The van der Waals surface area contributed by atoms with Gasteiger partial charge in [0.2, 0.25) is 5.13 Å². The summed E-state index contributed by atoms with van der Waals surface area (Å²) >= 11 is 1.11. The number of pyridine rings is 1. The van der Waals surface area contributed by atoms with E-state index in [1.807, 2.05) is 40.9 Å². The summed E-state index contributed by atoms with van der Waals surface area (Å²) in [5.41, 5.74) is 3.60. The Labute approximate surface area is 202 Å². The molecule has 1 N–H and O–H groups in total. The van der Waals surface area contributed by atoms with Gasteiger partial charge in [0.05, 0.1) is 23.4 Å². The standard InChI is InChI=1S/C25H16N6O3S/c32-22(16-10-11-30-13-19(26-20(30)12-16)15-6-2-1-3-7-15)27-25-29-28-21(35-25)14-31-23(33)17-8-4-5-9-18(17)24(31)34/h1-13H,14H2,(H,27,29,32). The number of carbonyl (C=O) groups excluding carboxylic acids is 3. The summed E-state index contributed by atoms with van der Waals surface area (Å²) in [6.07, 6.45) is 3.68. The van der Waals surface area contributed by atoms with Crippen LogP contribution in [0.2, 0.25) is 0 Å². The van der Waals surface area contributed by atoms with Crippen molar-refractivity contribution in [1.82, 2.24) is 24.5 Å². The minimum absolute atomic E-state index is 0.0117. The lowest BCUT2D eigenvalue weighted by Crippen LogP contribution is -2.29. The van der Waals surface area contributed by atoms with Crippen LogP contribution in [-0.2, 0) is 6.54 Å². The van der Waals surface area contributed by atoms with E-state index in [4.69, 9.17) is 0 Å². The van der Waals surface area contributed by atoms with Crippen LogP contribution in [-0.4, -0.2) is 42.2 Å². The molecule has 0 fully saturated rings. The van der Waals surface area contributed by atoms with Crippen molar-refractivity contribution >= 4 is 39.8 Å². The number of fused-ring (bicyclic) bond motifs is 2. The summed E-state index contributed by atoms with van der Waals surface area (Å²) in [5, 5.41) is 11.5. The molecule has 3 amide bonds. The van der Waals surface area contributed by atoms with E-state index < -0.39 is 0 Å². The second-order valence-corrected chi connectivity index (χ2v) is 8.93. The number of hydrogen-bond donors (Lipinski definition) is 1. The highest BCUT2D eigenvalue weighted by molar-refractivity contribution is 7.15. The number of imidazole rings is 1. The fourth-order valence-electron chi connectivity index (χ4n) is 3.93. The third kappa shape index (κ3) is 3.75. The maximum Gasteiger partial charge on any atom is 0.261 e. The molecule has 0 aliphatic carbocycles. The van der Waals surface area contributed by atoms with Gasteiger partial charge in [0.1, 0.15) is 10.7 Å². The first kappa shape index (κ1) is 20.9. The van der Waals surface area contributed by atoms with E-state index in [-0.39, 0.29) is 29.4 Å². The van der Waals surface area contributed by atoms with Crippen LogP contribution in [0.25, 0.3) is 16.9 Å². The molecule has 0 saturated heterocycles. The van der Waals surface area contributed by atoms with E-state index in [1.54, 1.807) is 42.6 Å². The van der Waals surface area contributed by atoms with Crippen molar-refractivity contribution in [3.63, 3.8) is 0 Å². The molecule has 0 radical (unpaired) electrons. The van der Waals surface area contributed by atoms with Gasteiger partial charge in [-0.05, 0) is 24.3 Å². The number of benzene rings is 2. The number of nitrogens with zero attached hydrogens (tertiary/aromatic N) is 5. The van der Waals surface area contributed by atoms with Gasteiger partial charge in [-0.1, -0.05) is 53.8 Å². The van der Waals surface area contributed by atoms with Crippen molar-refractivity contribution in [2.45, 2.75) is 6.54 Å². The first-order chi connectivity index (χ1) is 17.1. The van der Waals surface area contributed by atoms with Gasteiger partial charge < -0.3 is 4.40 Å². The highest BCUT2D eigenvalue weighted by Crippen LogP contribution is 2.26. The van der Waals surface area contributed by atoms with E-state index in [0.29, 0.717) is 27.3 Å². The highest BCUT2D eigenvalue weighted by atomic mass is 32.1. The smallest absolute Gasteiger partial charge is 0.261 e. The van der Waals surface area contributed by atoms with Crippen molar-refractivity contribution in [3.05, 3.63) is 101 Å². The lowest BCUT2D eigenvalue weighted by molar-refractivity contribution is 0.0641. The number of nitrogens with one attached hydrogen (secondary N) is 1. The second-order valence-electron chi connectivity index (χ2n) is 7.87. The molecule has 10 heteroatoms. The molecular weight excluding hydrogens is 464 g/mol. The topological polar surface area (TPSA) is 110 Å². The van der Waals surface area contributed by atoms with Gasteiger partial charge in [-0.25, -0.2) is 4.98 Å². The minimum atomic E-state index is -0.366. The van der Waals surface area contributed by atoms with Crippen LogP contribution in [0, 0.1) is 0 Å². The Kier molecular flexibility index (Phi) is 4.93. The van der Waals surface area contributed by atoms with Crippen LogP contribution in [0.1, 0.15) is 36.1 Å². The average molecular weight is 481 g/mol. The largest absolute Gasteiger partial charge is 0.306 e. The van der Waals surface area contributed by atoms with Gasteiger partial charge in [0.25, 0.3) is 17.7 Å². The van der Waals surface area contributed by atoms with Crippen molar-refractivity contribution in [2.24, 2.45) is 0 Å². The fourth-order valence-corrected chi connectivity index (χ4v) is 4.65. The van der Waals surface area contributed by atoms with E-state index in [2.05, 4.69) is 20.5 Å². The molecule has 6 rings (SSSR count). The van der Waals surface area contributed by atoms with Crippen LogP contribution in [0.3, 0.4) is 0 Å². The summed E-state index contributed by atoms with van der Waals surface area (Å²) in [6, 6.07) is 19.9. The van der Waals surface area contributed by atoms with Gasteiger partial charge in [-0.2, -0.15) is 0 Å². The minimum Gasteiger partial charge on any atom is -0.306 e. The summed E-state index contributed by atoms with van der Waals surface area (Å²) in [5.74, 6) is -1.09.